The highest BCUT2D eigenvalue weighted by Crippen LogP contribution is 2.18. The summed E-state index contributed by atoms with van der Waals surface area (Å²) >= 11 is 0. The van der Waals surface area contributed by atoms with E-state index in [9.17, 15) is 8.78 Å². The van der Waals surface area contributed by atoms with E-state index in [2.05, 4.69) is 18.8 Å². The first kappa shape index (κ1) is 12.8. The molecule has 1 rings (SSSR count). The van der Waals surface area contributed by atoms with Gasteiger partial charge >= 0.3 is 0 Å². The zero-order chi connectivity index (χ0) is 12.0. The van der Waals surface area contributed by atoms with Crippen LogP contribution in [-0.2, 0) is 6.54 Å². The van der Waals surface area contributed by atoms with Crippen LogP contribution < -0.4 is 5.32 Å². The molecule has 1 aromatic rings. The van der Waals surface area contributed by atoms with Crippen LogP contribution in [0.1, 0.15) is 30.9 Å². The van der Waals surface area contributed by atoms with Gasteiger partial charge in [-0.2, -0.15) is 0 Å². The number of benzene rings is 1. The summed E-state index contributed by atoms with van der Waals surface area (Å²) < 4.78 is 24.6. The van der Waals surface area contributed by atoms with Gasteiger partial charge in [-0.15, -0.1) is 6.58 Å². The van der Waals surface area contributed by atoms with Crippen LogP contribution in [0.3, 0.4) is 0 Å². The molecule has 0 amide bonds. The van der Waals surface area contributed by atoms with E-state index in [1.165, 1.54) is 12.1 Å². The van der Waals surface area contributed by atoms with E-state index in [0.717, 1.165) is 12.0 Å². The fourth-order valence-electron chi connectivity index (χ4n) is 1.41. The number of hydrogen-bond donors (Lipinski definition) is 1. The van der Waals surface area contributed by atoms with Crippen molar-refractivity contribution in [3.63, 3.8) is 0 Å². The Morgan fingerprint density at radius 2 is 1.94 bits per heavy atom. The number of alkyl halides is 2. The summed E-state index contributed by atoms with van der Waals surface area (Å²) in [6, 6.07) is 6.76. The van der Waals surface area contributed by atoms with Gasteiger partial charge in [0.2, 0.25) is 0 Å². The minimum absolute atomic E-state index is 0.0721. The monoisotopic (exact) mass is 225 g/mol. The lowest BCUT2D eigenvalue weighted by molar-refractivity contribution is 0.151. The third-order valence-electron chi connectivity index (χ3n) is 2.41. The largest absolute Gasteiger partial charge is 0.310 e. The molecule has 88 valence electrons. The maximum Gasteiger partial charge on any atom is 0.263 e. The fourth-order valence-corrected chi connectivity index (χ4v) is 1.41. The first-order valence-electron chi connectivity index (χ1n) is 5.34. The smallest absolute Gasteiger partial charge is 0.263 e. The zero-order valence-corrected chi connectivity index (χ0v) is 9.42. The Balaban J connectivity index is 2.46. The van der Waals surface area contributed by atoms with Crippen LogP contribution in [0.2, 0.25) is 0 Å². The van der Waals surface area contributed by atoms with Gasteiger partial charge in [0.15, 0.2) is 0 Å². The highest BCUT2D eigenvalue weighted by Gasteiger charge is 2.06. The van der Waals surface area contributed by atoms with Crippen molar-refractivity contribution in [3.05, 3.63) is 48.0 Å². The van der Waals surface area contributed by atoms with E-state index >= 15 is 0 Å². The molecule has 1 nitrogen and oxygen atoms in total. The molecule has 0 heterocycles. The Bertz CT molecular complexity index is 319. The average Bonchev–Trinajstić information content (AvgIpc) is 2.27. The van der Waals surface area contributed by atoms with E-state index in [4.69, 9.17) is 0 Å². The quantitative estimate of drug-likeness (QED) is 0.728. The summed E-state index contributed by atoms with van der Waals surface area (Å²) in [7, 11) is 0. The first-order valence-corrected chi connectivity index (χ1v) is 5.34. The predicted molar refractivity (Wildman–Crippen MR) is 62.5 cm³/mol. The first-order chi connectivity index (χ1) is 7.63. The third kappa shape index (κ3) is 4.11. The SMILES string of the molecule is C=CCC(C)NCc1ccc(C(F)F)cc1. The number of rotatable bonds is 6. The van der Waals surface area contributed by atoms with Crippen molar-refractivity contribution in [3.8, 4) is 0 Å². The second-order valence-electron chi connectivity index (χ2n) is 3.85. The van der Waals surface area contributed by atoms with Crippen molar-refractivity contribution < 1.29 is 8.78 Å². The molecule has 0 saturated heterocycles. The molecule has 0 aromatic heterocycles. The molecule has 0 spiro atoms. The van der Waals surface area contributed by atoms with Gasteiger partial charge in [0, 0.05) is 18.2 Å². The Morgan fingerprint density at radius 1 is 1.31 bits per heavy atom. The minimum Gasteiger partial charge on any atom is -0.310 e. The van der Waals surface area contributed by atoms with Crippen LogP contribution in [-0.4, -0.2) is 6.04 Å². The standard InChI is InChI=1S/C13H17F2N/c1-3-4-10(2)16-9-11-5-7-12(8-6-11)13(14)15/h3,5-8,10,13,16H,1,4,9H2,2H3. The van der Waals surface area contributed by atoms with Gasteiger partial charge in [-0.25, -0.2) is 8.78 Å². The van der Waals surface area contributed by atoms with Gasteiger partial charge in [0.1, 0.15) is 0 Å². The molecule has 1 N–H and O–H groups in total. The van der Waals surface area contributed by atoms with Crippen molar-refractivity contribution in [2.24, 2.45) is 0 Å². The lowest BCUT2D eigenvalue weighted by Gasteiger charge is -2.11. The molecule has 16 heavy (non-hydrogen) atoms. The van der Waals surface area contributed by atoms with Gasteiger partial charge in [0.25, 0.3) is 6.43 Å². The number of nitrogens with one attached hydrogen (secondary N) is 1. The van der Waals surface area contributed by atoms with E-state index < -0.39 is 6.43 Å². The highest BCUT2D eigenvalue weighted by atomic mass is 19.3. The fraction of sp³-hybridized carbons (Fsp3) is 0.385. The van der Waals surface area contributed by atoms with Gasteiger partial charge in [0.05, 0.1) is 0 Å². The topological polar surface area (TPSA) is 12.0 Å². The lowest BCUT2D eigenvalue weighted by Crippen LogP contribution is -2.24. The molecule has 0 bridgehead atoms. The molecule has 3 heteroatoms. The van der Waals surface area contributed by atoms with Gasteiger partial charge in [-0.1, -0.05) is 30.3 Å². The van der Waals surface area contributed by atoms with Crippen molar-refractivity contribution >= 4 is 0 Å². The Kier molecular flexibility index (Phi) is 5.12. The van der Waals surface area contributed by atoms with E-state index in [-0.39, 0.29) is 5.56 Å². The van der Waals surface area contributed by atoms with Gasteiger partial charge < -0.3 is 5.32 Å². The summed E-state index contributed by atoms with van der Waals surface area (Å²) in [5, 5.41) is 3.29. The van der Waals surface area contributed by atoms with Crippen molar-refractivity contribution in [2.75, 3.05) is 0 Å². The maximum atomic E-state index is 12.3. The molecule has 0 saturated carbocycles. The Morgan fingerprint density at radius 3 is 2.44 bits per heavy atom. The minimum atomic E-state index is -2.39. The van der Waals surface area contributed by atoms with Crippen molar-refractivity contribution in [1.82, 2.24) is 5.32 Å². The van der Waals surface area contributed by atoms with Crippen LogP contribution in [0.25, 0.3) is 0 Å². The number of hydrogen-bond acceptors (Lipinski definition) is 1. The van der Waals surface area contributed by atoms with Crippen LogP contribution in [0.4, 0.5) is 8.78 Å². The zero-order valence-electron chi connectivity index (χ0n) is 9.42. The normalized spacial score (nSPS) is 12.8. The average molecular weight is 225 g/mol. The molecule has 0 fully saturated rings. The van der Waals surface area contributed by atoms with Gasteiger partial charge in [-0.3, -0.25) is 0 Å². The van der Waals surface area contributed by atoms with Gasteiger partial charge in [-0.05, 0) is 18.9 Å². The summed E-state index contributed by atoms with van der Waals surface area (Å²) in [6.07, 6.45) is 0.369. The molecular weight excluding hydrogens is 208 g/mol. The van der Waals surface area contributed by atoms with E-state index in [1.54, 1.807) is 12.1 Å². The molecule has 0 aliphatic rings. The van der Waals surface area contributed by atoms with Crippen LogP contribution in [0.5, 0.6) is 0 Å². The summed E-state index contributed by atoms with van der Waals surface area (Å²) in [6.45, 7) is 6.42. The van der Waals surface area contributed by atoms with E-state index in [0.29, 0.717) is 12.6 Å². The predicted octanol–water partition coefficient (Wildman–Crippen LogP) is 3.68. The second-order valence-corrected chi connectivity index (χ2v) is 3.85. The molecular formula is C13H17F2N. The molecule has 1 atom stereocenters. The second kappa shape index (κ2) is 6.38. The highest BCUT2D eigenvalue weighted by molar-refractivity contribution is 5.23. The molecule has 0 aliphatic heterocycles. The Labute approximate surface area is 95.2 Å². The Hall–Kier alpha value is -1.22. The molecule has 0 radical (unpaired) electrons. The summed E-state index contributed by atoms with van der Waals surface area (Å²) in [5.74, 6) is 0. The molecule has 0 aliphatic carbocycles. The third-order valence-corrected chi connectivity index (χ3v) is 2.41. The lowest BCUT2D eigenvalue weighted by atomic mass is 10.1. The van der Waals surface area contributed by atoms with Crippen LogP contribution >= 0.6 is 0 Å². The van der Waals surface area contributed by atoms with Crippen LogP contribution in [0, 0.1) is 0 Å². The molecule has 1 aromatic carbocycles. The molecule has 1 unspecified atom stereocenters. The number of halogens is 2. The van der Waals surface area contributed by atoms with Crippen molar-refractivity contribution in [2.45, 2.75) is 32.4 Å². The van der Waals surface area contributed by atoms with Crippen LogP contribution in [0.15, 0.2) is 36.9 Å². The van der Waals surface area contributed by atoms with E-state index in [1.807, 2.05) is 6.08 Å². The maximum absolute atomic E-state index is 12.3. The summed E-state index contributed by atoms with van der Waals surface area (Å²) in [4.78, 5) is 0. The van der Waals surface area contributed by atoms with Crippen molar-refractivity contribution in [1.29, 1.82) is 0 Å². The summed E-state index contributed by atoms with van der Waals surface area (Å²) in [5.41, 5.74) is 1.09.